The molecule has 0 aromatic rings. The molecule has 0 saturated carbocycles. The third-order valence-corrected chi connectivity index (χ3v) is 2.10. The van der Waals surface area contributed by atoms with Crippen LogP contribution in [0.3, 0.4) is 0 Å². The molecule has 0 heterocycles. The highest BCUT2D eigenvalue weighted by Gasteiger charge is 2.07. The summed E-state index contributed by atoms with van der Waals surface area (Å²) in [5.41, 5.74) is 5.52. The molecular formula is C8H17N2OS-. The summed E-state index contributed by atoms with van der Waals surface area (Å²) < 4.78 is 0. The molecule has 0 aromatic carbocycles. The standard InChI is InChI=1S/C8H17N2OS/c1-3-7(5-12)10-4-8(9)6(2)11/h5,7-8,10,12H,3-4,9H2,1-2H3/q-1. The first kappa shape index (κ1) is 11.9. The summed E-state index contributed by atoms with van der Waals surface area (Å²) in [4.78, 5) is 10.7. The van der Waals surface area contributed by atoms with Crippen LogP contribution in [0, 0.1) is 5.75 Å². The molecule has 0 aliphatic heterocycles. The van der Waals surface area contributed by atoms with Crippen LogP contribution in [-0.2, 0) is 4.79 Å². The zero-order valence-electron chi connectivity index (χ0n) is 7.58. The number of thiol groups is 1. The maximum Gasteiger partial charge on any atom is 0.147 e. The highest BCUT2D eigenvalue weighted by Crippen LogP contribution is 1.98. The van der Waals surface area contributed by atoms with Crippen LogP contribution in [0.2, 0.25) is 0 Å². The number of carbonyl (C=O) groups excluding carboxylic acids is 1. The van der Waals surface area contributed by atoms with Gasteiger partial charge >= 0.3 is 0 Å². The molecule has 0 radical (unpaired) electrons. The number of carbonyl (C=O) groups is 1. The molecule has 3 N–H and O–H groups in total. The second-order valence-electron chi connectivity index (χ2n) is 2.79. The minimum atomic E-state index is -0.396. The van der Waals surface area contributed by atoms with E-state index in [-0.39, 0.29) is 11.8 Å². The van der Waals surface area contributed by atoms with Crippen LogP contribution in [0.1, 0.15) is 20.3 Å². The fourth-order valence-corrected chi connectivity index (χ4v) is 1.04. The smallest absolute Gasteiger partial charge is 0.147 e. The number of nitrogens with one attached hydrogen (secondary N) is 1. The Morgan fingerprint density at radius 2 is 2.33 bits per heavy atom. The Hall–Kier alpha value is -0.0600. The van der Waals surface area contributed by atoms with Crippen molar-refractivity contribution in [2.45, 2.75) is 32.4 Å². The van der Waals surface area contributed by atoms with Gasteiger partial charge in [-0.05, 0) is 6.92 Å². The number of ketones is 1. The topological polar surface area (TPSA) is 55.1 Å². The molecule has 0 bridgehead atoms. The van der Waals surface area contributed by atoms with E-state index in [4.69, 9.17) is 5.73 Å². The molecule has 2 atom stereocenters. The molecule has 4 heteroatoms. The highest BCUT2D eigenvalue weighted by molar-refractivity contribution is 7.82. The van der Waals surface area contributed by atoms with Crippen molar-refractivity contribution in [2.24, 2.45) is 5.73 Å². The van der Waals surface area contributed by atoms with E-state index in [0.29, 0.717) is 6.54 Å². The van der Waals surface area contributed by atoms with E-state index >= 15 is 0 Å². The van der Waals surface area contributed by atoms with Gasteiger partial charge < -0.3 is 23.7 Å². The molecule has 0 aliphatic rings. The number of rotatable bonds is 6. The van der Waals surface area contributed by atoms with Crippen LogP contribution in [-0.4, -0.2) is 24.4 Å². The lowest BCUT2D eigenvalue weighted by atomic mass is 10.2. The van der Waals surface area contributed by atoms with Crippen molar-refractivity contribution >= 4 is 18.4 Å². The first-order valence-corrected chi connectivity index (χ1v) is 4.60. The summed E-state index contributed by atoms with van der Waals surface area (Å²) in [5.74, 6) is 1.78. The average Bonchev–Trinajstić information content (AvgIpc) is 2.05. The Morgan fingerprint density at radius 3 is 2.67 bits per heavy atom. The van der Waals surface area contributed by atoms with Gasteiger partial charge in [-0.2, -0.15) is 0 Å². The SMILES string of the molecule is CCC([CH-]S)NCC(N)C(C)=O. The molecule has 0 spiro atoms. The normalized spacial score (nSPS) is 15.7. The first-order valence-electron chi connectivity index (χ1n) is 4.08. The van der Waals surface area contributed by atoms with Crippen LogP contribution in [0.5, 0.6) is 0 Å². The lowest BCUT2D eigenvalue weighted by molar-refractivity contribution is -0.118. The van der Waals surface area contributed by atoms with E-state index < -0.39 is 6.04 Å². The van der Waals surface area contributed by atoms with E-state index in [1.165, 1.54) is 6.92 Å². The second kappa shape index (κ2) is 6.46. The van der Waals surface area contributed by atoms with Gasteiger partial charge in [0.2, 0.25) is 0 Å². The lowest BCUT2D eigenvalue weighted by Gasteiger charge is -2.23. The Labute approximate surface area is 79.5 Å². The van der Waals surface area contributed by atoms with Crippen molar-refractivity contribution < 1.29 is 4.79 Å². The average molecular weight is 189 g/mol. The van der Waals surface area contributed by atoms with Crippen LogP contribution in [0.25, 0.3) is 0 Å². The molecule has 0 fully saturated rings. The first-order chi connectivity index (χ1) is 5.61. The van der Waals surface area contributed by atoms with E-state index in [9.17, 15) is 4.79 Å². The van der Waals surface area contributed by atoms with Crippen LogP contribution in [0.15, 0.2) is 0 Å². The summed E-state index contributed by atoms with van der Waals surface area (Å²) in [6.07, 6.45) is 0.953. The Bertz CT molecular complexity index is 137. The van der Waals surface area contributed by atoms with Gasteiger partial charge in [0.05, 0.1) is 6.04 Å². The third kappa shape index (κ3) is 4.74. The molecule has 0 aliphatic carbocycles. The highest BCUT2D eigenvalue weighted by atomic mass is 32.1. The van der Waals surface area contributed by atoms with Gasteiger partial charge in [-0.15, -0.1) is 6.04 Å². The minimum absolute atomic E-state index is 0.0107. The maximum atomic E-state index is 10.7. The van der Waals surface area contributed by atoms with Crippen LogP contribution >= 0.6 is 12.6 Å². The number of Topliss-reactive ketones (excluding diaryl/α,β-unsaturated/α-hetero) is 1. The van der Waals surface area contributed by atoms with Crippen molar-refractivity contribution in [3.05, 3.63) is 5.75 Å². The molecule has 2 unspecified atom stereocenters. The summed E-state index contributed by atoms with van der Waals surface area (Å²) >= 11 is 4.04. The predicted octanol–water partition coefficient (Wildman–Crippen LogP) is 0.362. The number of nitrogens with two attached hydrogens (primary N) is 1. The van der Waals surface area contributed by atoms with Gasteiger partial charge in [-0.25, -0.2) is 0 Å². The van der Waals surface area contributed by atoms with Gasteiger partial charge in [-0.3, -0.25) is 10.5 Å². The van der Waals surface area contributed by atoms with Crippen molar-refractivity contribution in [1.82, 2.24) is 5.32 Å². The molecule has 72 valence electrons. The zero-order valence-corrected chi connectivity index (χ0v) is 8.47. The minimum Gasteiger partial charge on any atom is -0.368 e. The monoisotopic (exact) mass is 189 g/mol. The number of hydrogen-bond donors (Lipinski definition) is 3. The van der Waals surface area contributed by atoms with Crippen LogP contribution < -0.4 is 11.1 Å². The van der Waals surface area contributed by atoms with Crippen molar-refractivity contribution in [3.63, 3.8) is 0 Å². The van der Waals surface area contributed by atoms with Gasteiger partial charge in [0, 0.05) is 6.54 Å². The van der Waals surface area contributed by atoms with Crippen LogP contribution in [0.4, 0.5) is 0 Å². The largest absolute Gasteiger partial charge is 0.368 e. The molecular weight excluding hydrogens is 172 g/mol. The molecule has 3 nitrogen and oxygen atoms in total. The Morgan fingerprint density at radius 1 is 1.75 bits per heavy atom. The molecule has 0 aromatic heterocycles. The number of hydrogen-bond acceptors (Lipinski definition) is 4. The van der Waals surface area contributed by atoms with Gasteiger partial charge in [0.15, 0.2) is 0 Å². The summed E-state index contributed by atoms with van der Waals surface area (Å²) in [7, 11) is 0. The third-order valence-electron chi connectivity index (χ3n) is 1.74. The van der Waals surface area contributed by atoms with Crippen molar-refractivity contribution in [3.8, 4) is 0 Å². The Kier molecular flexibility index (Phi) is 6.42. The van der Waals surface area contributed by atoms with Crippen molar-refractivity contribution in [1.29, 1.82) is 0 Å². The van der Waals surface area contributed by atoms with Gasteiger partial charge in [0.25, 0.3) is 0 Å². The second-order valence-corrected chi connectivity index (χ2v) is 3.09. The van der Waals surface area contributed by atoms with Gasteiger partial charge in [-0.1, -0.05) is 13.3 Å². The summed E-state index contributed by atoms with van der Waals surface area (Å²) in [6.45, 7) is 4.06. The van der Waals surface area contributed by atoms with E-state index in [1.54, 1.807) is 5.75 Å². The van der Waals surface area contributed by atoms with Crippen molar-refractivity contribution in [2.75, 3.05) is 6.54 Å². The quantitative estimate of drug-likeness (QED) is 0.418. The lowest BCUT2D eigenvalue weighted by Crippen LogP contribution is -2.42. The van der Waals surface area contributed by atoms with E-state index in [0.717, 1.165) is 6.42 Å². The molecule has 12 heavy (non-hydrogen) atoms. The Balaban J connectivity index is 3.58. The van der Waals surface area contributed by atoms with E-state index in [1.807, 2.05) is 6.92 Å². The molecule has 0 saturated heterocycles. The summed E-state index contributed by atoms with van der Waals surface area (Å²) in [5, 5.41) is 3.12. The molecule has 0 rings (SSSR count). The van der Waals surface area contributed by atoms with Gasteiger partial charge in [0.1, 0.15) is 5.78 Å². The molecule has 0 amide bonds. The van der Waals surface area contributed by atoms with E-state index in [2.05, 4.69) is 17.9 Å². The summed E-state index contributed by atoms with van der Waals surface area (Å²) in [6, 6.07) is -0.161. The maximum absolute atomic E-state index is 10.7. The zero-order chi connectivity index (χ0) is 9.56. The predicted molar refractivity (Wildman–Crippen MR) is 54.0 cm³/mol. The fourth-order valence-electron chi connectivity index (χ4n) is 0.725. The fraction of sp³-hybridized carbons (Fsp3) is 0.750.